The normalized spacial score (nSPS) is 10.9. The first-order valence-corrected chi connectivity index (χ1v) is 11.9. The topological polar surface area (TPSA) is 113 Å². The van der Waals surface area contributed by atoms with E-state index >= 15 is 0 Å². The number of nitrogens with one attached hydrogen (secondary N) is 3. The van der Waals surface area contributed by atoms with E-state index < -0.39 is 11.8 Å². The Morgan fingerprint density at radius 3 is 2.42 bits per heavy atom. The molecular formula is C27H22N4O4S. The zero-order valence-electron chi connectivity index (χ0n) is 19.0. The second-order valence-corrected chi connectivity index (χ2v) is 8.50. The van der Waals surface area contributed by atoms with E-state index in [0.717, 1.165) is 4.90 Å². The number of furan rings is 1. The zero-order valence-corrected chi connectivity index (χ0v) is 19.8. The van der Waals surface area contributed by atoms with Crippen LogP contribution >= 0.6 is 11.8 Å². The Morgan fingerprint density at radius 2 is 1.67 bits per heavy atom. The molecule has 2 aromatic carbocycles. The Labute approximate surface area is 211 Å². The molecule has 9 heteroatoms. The van der Waals surface area contributed by atoms with Crippen molar-refractivity contribution in [2.75, 3.05) is 16.4 Å². The lowest BCUT2D eigenvalue weighted by Crippen LogP contribution is -2.30. The molecule has 0 aliphatic heterocycles. The van der Waals surface area contributed by atoms with Gasteiger partial charge in [-0.25, -0.2) is 0 Å². The van der Waals surface area contributed by atoms with Crippen molar-refractivity contribution in [3.05, 3.63) is 115 Å². The van der Waals surface area contributed by atoms with E-state index in [2.05, 4.69) is 20.9 Å². The van der Waals surface area contributed by atoms with Crippen LogP contribution in [-0.4, -0.2) is 28.5 Å². The average Bonchev–Trinajstić information content (AvgIpc) is 3.42. The van der Waals surface area contributed by atoms with Crippen LogP contribution in [0.1, 0.15) is 16.1 Å². The van der Waals surface area contributed by atoms with Gasteiger partial charge in [0.25, 0.3) is 11.8 Å². The summed E-state index contributed by atoms with van der Waals surface area (Å²) in [4.78, 5) is 42.7. The number of hydrogen-bond donors (Lipinski definition) is 3. The van der Waals surface area contributed by atoms with Crippen LogP contribution in [0.4, 0.5) is 11.4 Å². The molecule has 0 bridgehead atoms. The van der Waals surface area contributed by atoms with Crippen LogP contribution in [0.2, 0.25) is 0 Å². The predicted octanol–water partition coefficient (Wildman–Crippen LogP) is 4.82. The van der Waals surface area contributed by atoms with Crippen molar-refractivity contribution < 1.29 is 18.8 Å². The number of anilines is 2. The van der Waals surface area contributed by atoms with E-state index in [0.29, 0.717) is 22.7 Å². The Morgan fingerprint density at radius 1 is 0.861 bits per heavy atom. The van der Waals surface area contributed by atoms with Crippen molar-refractivity contribution >= 4 is 46.9 Å². The summed E-state index contributed by atoms with van der Waals surface area (Å²) in [7, 11) is 0. The number of nitrogens with zero attached hydrogens (tertiary/aromatic N) is 1. The summed E-state index contributed by atoms with van der Waals surface area (Å²) in [5, 5.41) is 8.25. The van der Waals surface area contributed by atoms with Gasteiger partial charge in [-0.15, -0.1) is 11.8 Å². The van der Waals surface area contributed by atoms with E-state index in [1.165, 1.54) is 24.1 Å². The summed E-state index contributed by atoms with van der Waals surface area (Å²) in [5.41, 5.74) is 1.62. The molecule has 0 aliphatic rings. The molecule has 0 saturated carbocycles. The molecule has 4 rings (SSSR count). The first-order chi connectivity index (χ1) is 17.6. The quantitative estimate of drug-likeness (QED) is 0.225. The van der Waals surface area contributed by atoms with Crippen LogP contribution in [0.5, 0.6) is 0 Å². The maximum absolute atomic E-state index is 13.1. The minimum absolute atomic E-state index is 0.0218. The van der Waals surface area contributed by atoms with Gasteiger partial charge in [0.15, 0.2) is 0 Å². The number of benzene rings is 2. The van der Waals surface area contributed by atoms with Gasteiger partial charge in [-0.3, -0.25) is 19.4 Å². The highest BCUT2D eigenvalue weighted by molar-refractivity contribution is 8.00. The smallest absolute Gasteiger partial charge is 0.272 e. The molecule has 0 aliphatic carbocycles. The second-order valence-electron chi connectivity index (χ2n) is 7.45. The van der Waals surface area contributed by atoms with Crippen molar-refractivity contribution in [2.24, 2.45) is 0 Å². The Bertz CT molecular complexity index is 1360. The molecule has 3 amide bonds. The number of hydrogen-bond acceptors (Lipinski definition) is 6. The molecule has 36 heavy (non-hydrogen) atoms. The Hall–Kier alpha value is -4.63. The first-order valence-electron chi connectivity index (χ1n) is 10.9. The number of carbonyl (C=O) groups is 3. The van der Waals surface area contributed by atoms with Gasteiger partial charge in [0.05, 0.1) is 12.0 Å². The van der Waals surface area contributed by atoms with Crippen molar-refractivity contribution in [2.45, 2.75) is 4.90 Å². The van der Waals surface area contributed by atoms with Gasteiger partial charge in [0.2, 0.25) is 5.91 Å². The van der Waals surface area contributed by atoms with E-state index in [9.17, 15) is 14.4 Å². The maximum atomic E-state index is 13.1. The highest BCUT2D eigenvalue weighted by Crippen LogP contribution is 2.22. The summed E-state index contributed by atoms with van der Waals surface area (Å²) >= 11 is 1.33. The van der Waals surface area contributed by atoms with Gasteiger partial charge >= 0.3 is 0 Å². The van der Waals surface area contributed by atoms with Crippen LogP contribution in [0.25, 0.3) is 6.08 Å². The van der Waals surface area contributed by atoms with Crippen LogP contribution in [-0.2, 0) is 9.59 Å². The number of pyridine rings is 1. The van der Waals surface area contributed by atoms with Crippen LogP contribution < -0.4 is 16.0 Å². The third-order valence-electron chi connectivity index (χ3n) is 4.78. The fraction of sp³-hybridized carbons (Fsp3) is 0.0370. The molecule has 2 heterocycles. The summed E-state index contributed by atoms with van der Waals surface area (Å²) in [5.74, 6) is -0.497. The van der Waals surface area contributed by atoms with Crippen molar-refractivity contribution in [1.29, 1.82) is 0 Å². The standard InChI is InChI=1S/C27H22N4O4S/c32-25(29-20-11-13-28-14-12-20)18-36-23-10-4-8-21(16-23)30-27(34)24(17-22-9-5-15-35-22)31-26(33)19-6-2-1-3-7-19/h1-17H,18H2,(H,30,34)(H,31,33)(H,28,29,32)/b24-17-. The molecule has 0 fully saturated rings. The van der Waals surface area contributed by atoms with Crippen LogP contribution in [0.3, 0.4) is 0 Å². The Kier molecular flexibility index (Phi) is 8.29. The molecular weight excluding hydrogens is 476 g/mol. The van der Waals surface area contributed by atoms with Gasteiger partial charge in [0, 0.05) is 40.3 Å². The summed E-state index contributed by atoms with van der Waals surface area (Å²) in [6, 6.07) is 22.5. The van der Waals surface area contributed by atoms with E-state index in [4.69, 9.17) is 4.42 Å². The minimum atomic E-state index is -0.520. The van der Waals surface area contributed by atoms with Gasteiger partial charge < -0.3 is 20.4 Å². The summed E-state index contributed by atoms with van der Waals surface area (Å²) < 4.78 is 5.32. The van der Waals surface area contributed by atoms with E-state index in [-0.39, 0.29) is 17.4 Å². The van der Waals surface area contributed by atoms with Crippen molar-refractivity contribution in [3.63, 3.8) is 0 Å². The highest BCUT2D eigenvalue weighted by Gasteiger charge is 2.16. The molecule has 4 aromatic rings. The highest BCUT2D eigenvalue weighted by atomic mass is 32.2. The molecule has 0 saturated heterocycles. The lowest BCUT2D eigenvalue weighted by molar-refractivity contribution is -0.114. The lowest BCUT2D eigenvalue weighted by Gasteiger charge is -2.12. The molecule has 8 nitrogen and oxygen atoms in total. The fourth-order valence-electron chi connectivity index (χ4n) is 3.10. The molecule has 0 atom stereocenters. The number of amides is 3. The van der Waals surface area contributed by atoms with Crippen LogP contribution in [0.15, 0.2) is 113 Å². The number of rotatable bonds is 9. The SMILES string of the molecule is O=C(CSc1cccc(NC(=O)/C(=C/c2ccco2)NC(=O)c2ccccc2)c1)Nc1ccncc1. The fourth-order valence-corrected chi connectivity index (χ4v) is 3.86. The zero-order chi connectivity index (χ0) is 25.2. The van der Waals surface area contributed by atoms with Crippen LogP contribution in [0, 0.1) is 0 Å². The minimum Gasteiger partial charge on any atom is -0.465 e. The monoisotopic (exact) mass is 498 g/mol. The second kappa shape index (κ2) is 12.2. The van der Waals surface area contributed by atoms with Gasteiger partial charge in [0.1, 0.15) is 11.5 Å². The van der Waals surface area contributed by atoms with Gasteiger partial charge in [-0.1, -0.05) is 24.3 Å². The third kappa shape index (κ3) is 7.18. The Balaban J connectivity index is 1.41. The first kappa shape index (κ1) is 24.5. The molecule has 180 valence electrons. The summed E-state index contributed by atoms with van der Waals surface area (Å²) in [6.07, 6.45) is 6.14. The van der Waals surface area contributed by atoms with E-state index in [1.807, 2.05) is 6.07 Å². The molecule has 0 radical (unpaired) electrons. The number of aromatic nitrogens is 1. The van der Waals surface area contributed by atoms with Crippen molar-refractivity contribution in [3.8, 4) is 0 Å². The molecule has 0 unspecified atom stereocenters. The lowest BCUT2D eigenvalue weighted by atomic mass is 10.2. The van der Waals surface area contributed by atoms with E-state index in [1.54, 1.807) is 85.2 Å². The van der Waals surface area contributed by atoms with Crippen molar-refractivity contribution in [1.82, 2.24) is 10.3 Å². The van der Waals surface area contributed by atoms with Gasteiger partial charge in [-0.2, -0.15) is 0 Å². The summed E-state index contributed by atoms with van der Waals surface area (Å²) in [6.45, 7) is 0. The molecule has 0 spiro atoms. The largest absolute Gasteiger partial charge is 0.465 e. The predicted molar refractivity (Wildman–Crippen MR) is 139 cm³/mol. The maximum Gasteiger partial charge on any atom is 0.272 e. The number of carbonyl (C=O) groups excluding carboxylic acids is 3. The average molecular weight is 499 g/mol. The molecule has 2 aromatic heterocycles. The molecule has 3 N–H and O–H groups in total. The third-order valence-corrected chi connectivity index (χ3v) is 5.78. The number of thioether (sulfide) groups is 1. The van der Waals surface area contributed by atoms with Gasteiger partial charge in [-0.05, 0) is 54.6 Å².